The molecule has 106 valence electrons. The predicted molar refractivity (Wildman–Crippen MR) is 79.2 cm³/mol. The molecule has 0 saturated heterocycles. The Labute approximate surface area is 124 Å². The molecule has 19 heavy (non-hydrogen) atoms. The summed E-state index contributed by atoms with van der Waals surface area (Å²) in [6, 6.07) is 7.08. The van der Waals surface area contributed by atoms with Crippen molar-refractivity contribution in [2.45, 2.75) is 19.9 Å². The third kappa shape index (κ3) is 5.39. The van der Waals surface area contributed by atoms with Crippen molar-refractivity contribution in [1.29, 1.82) is 0 Å². The maximum atomic E-state index is 12.4. The van der Waals surface area contributed by atoms with Gasteiger partial charge < -0.3 is 9.64 Å². The minimum absolute atomic E-state index is 0.0352. The fraction of sp³-hybridized carbons (Fsp3) is 0.500. The van der Waals surface area contributed by atoms with E-state index in [0.29, 0.717) is 36.2 Å². The number of carbonyl (C=O) groups excluding carboxylic acids is 1. The van der Waals surface area contributed by atoms with Crippen molar-refractivity contribution >= 4 is 29.1 Å². The molecule has 0 bridgehead atoms. The minimum Gasteiger partial charge on any atom is -0.378 e. The van der Waals surface area contributed by atoms with Crippen LogP contribution in [0.3, 0.4) is 0 Å². The maximum Gasteiger partial charge on any atom is 0.254 e. The van der Waals surface area contributed by atoms with E-state index < -0.39 is 0 Å². The van der Waals surface area contributed by atoms with Crippen molar-refractivity contribution in [1.82, 2.24) is 4.90 Å². The standard InChI is InChI=1S/C14H19Cl2NO2/c1-11(2)17(7-9-19-8-6-15)14(18)12-4-3-5-13(16)10-12/h3-5,10-11H,6-9H2,1-2H3. The number of ether oxygens (including phenoxy) is 1. The van der Waals surface area contributed by atoms with Crippen molar-refractivity contribution < 1.29 is 9.53 Å². The number of amides is 1. The zero-order chi connectivity index (χ0) is 14.3. The summed E-state index contributed by atoms with van der Waals surface area (Å²) in [5.74, 6) is 0.427. The van der Waals surface area contributed by atoms with Gasteiger partial charge >= 0.3 is 0 Å². The van der Waals surface area contributed by atoms with Crippen LogP contribution in [0.15, 0.2) is 24.3 Å². The van der Waals surface area contributed by atoms with E-state index in [1.807, 2.05) is 13.8 Å². The third-order valence-electron chi connectivity index (χ3n) is 2.65. The Morgan fingerprint density at radius 3 is 2.68 bits per heavy atom. The van der Waals surface area contributed by atoms with Crippen molar-refractivity contribution in [3.8, 4) is 0 Å². The van der Waals surface area contributed by atoms with Crippen molar-refractivity contribution in [3.05, 3.63) is 34.9 Å². The van der Waals surface area contributed by atoms with Gasteiger partial charge in [0.25, 0.3) is 5.91 Å². The first-order chi connectivity index (χ1) is 9.06. The summed E-state index contributed by atoms with van der Waals surface area (Å²) in [6.07, 6.45) is 0. The summed E-state index contributed by atoms with van der Waals surface area (Å²) in [6.45, 7) is 5.48. The number of hydrogen-bond acceptors (Lipinski definition) is 2. The van der Waals surface area contributed by atoms with Gasteiger partial charge in [0.15, 0.2) is 0 Å². The van der Waals surface area contributed by atoms with E-state index in [4.69, 9.17) is 27.9 Å². The average Bonchev–Trinajstić information content (AvgIpc) is 2.37. The first kappa shape index (κ1) is 16.3. The lowest BCUT2D eigenvalue weighted by Gasteiger charge is -2.26. The van der Waals surface area contributed by atoms with Gasteiger partial charge in [0.2, 0.25) is 0 Å². The normalized spacial score (nSPS) is 10.8. The van der Waals surface area contributed by atoms with Gasteiger partial charge in [0, 0.05) is 29.1 Å². The van der Waals surface area contributed by atoms with Gasteiger partial charge in [-0.1, -0.05) is 17.7 Å². The fourth-order valence-corrected chi connectivity index (χ4v) is 2.00. The first-order valence-corrected chi connectivity index (χ1v) is 7.17. The monoisotopic (exact) mass is 303 g/mol. The van der Waals surface area contributed by atoms with Gasteiger partial charge in [-0.05, 0) is 32.0 Å². The van der Waals surface area contributed by atoms with E-state index in [1.54, 1.807) is 29.2 Å². The highest BCUT2D eigenvalue weighted by atomic mass is 35.5. The zero-order valence-corrected chi connectivity index (χ0v) is 12.7. The third-order valence-corrected chi connectivity index (χ3v) is 3.04. The van der Waals surface area contributed by atoms with Crippen LogP contribution in [0.25, 0.3) is 0 Å². The first-order valence-electron chi connectivity index (χ1n) is 6.26. The highest BCUT2D eigenvalue weighted by Gasteiger charge is 2.18. The molecule has 0 fully saturated rings. The Morgan fingerprint density at radius 1 is 1.37 bits per heavy atom. The van der Waals surface area contributed by atoms with Gasteiger partial charge in [-0.15, -0.1) is 11.6 Å². The van der Waals surface area contributed by atoms with Crippen LogP contribution in [0.2, 0.25) is 5.02 Å². The van der Waals surface area contributed by atoms with Crippen molar-refractivity contribution in [3.63, 3.8) is 0 Å². The van der Waals surface area contributed by atoms with E-state index in [0.717, 1.165) is 0 Å². The Morgan fingerprint density at radius 2 is 2.11 bits per heavy atom. The van der Waals surface area contributed by atoms with Crippen LogP contribution in [-0.2, 0) is 4.74 Å². The molecule has 5 heteroatoms. The molecule has 0 N–H and O–H groups in total. The number of nitrogens with zero attached hydrogens (tertiary/aromatic N) is 1. The van der Waals surface area contributed by atoms with Crippen LogP contribution in [0.1, 0.15) is 24.2 Å². The molecule has 0 aromatic heterocycles. The number of carbonyl (C=O) groups is 1. The maximum absolute atomic E-state index is 12.4. The Hall–Kier alpha value is -0.770. The predicted octanol–water partition coefficient (Wildman–Crippen LogP) is 3.45. The van der Waals surface area contributed by atoms with Gasteiger partial charge in [0.1, 0.15) is 0 Å². The second kappa shape index (κ2) is 8.41. The van der Waals surface area contributed by atoms with E-state index >= 15 is 0 Å². The second-order valence-corrected chi connectivity index (χ2v) is 5.22. The Balaban J connectivity index is 2.67. The van der Waals surface area contributed by atoms with Gasteiger partial charge in [0.05, 0.1) is 13.2 Å². The lowest BCUT2D eigenvalue weighted by Crippen LogP contribution is -2.39. The van der Waals surface area contributed by atoms with Crippen LogP contribution in [-0.4, -0.2) is 42.5 Å². The quantitative estimate of drug-likeness (QED) is 0.570. The van der Waals surface area contributed by atoms with Crippen LogP contribution in [0, 0.1) is 0 Å². The van der Waals surface area contributed by atoms with Crippen molar-refractivity contribution in [2.24, 2.45) is 0 Å². The topological polar surface area (TPSA) is 29.5 Å². The molecule has 1 rings (SSSR count). The minimum atomic E-state index is -0.0352. The SMILES string of the molecule is CC(C)N(CCOCCCl)C(=O)c1cccc(Cl)c1. The summed E-state index contributed by atoms with van der Waals surface area (Å²) in [4.78, 5) is 14.2. The molecule has 0 unspecified atom stereocenters. The summed E-state index contributed by atoms with van der Waals surface area (Å²) in [5, 5.41) is 0.563. The molecule has 0 spiro atoms. The Kier molecular flexibility index (Phi) is 7.21. The van der Waals surface area contributed by atoms with Crippen molar-refractivity contribution in [2.75, 3.05) is 25.6 Å². The van der Waals surface area contributed by atoms with Gasteiger partial charge in [-0.25, -0.2) is 0 Å². The molecule has 0 aliphatic carbocycles. The fourth-order valence-electron chi connectivity index (χ4n) is 1.70. The van der Waals surface area contributed by atoms with Gasteiger partial charge in [-0.3, -0.25) is 4.79 Å². The number of halogens is 2. The van der Waals surface area contributed by atoms with Crippen LogP contribution in [0.4, 0.5) is 0 Å². The molecule has 3 nitrogen and oxygen atoms in total. The highest BCUT2D eigenvalue weighted by Crippen LogP contribution is 2.14. The Bertz CT molecular complexity index is 410. The molecule has 1 aromatic carbocycles. The summed E-state index contributed by atoms with van der Waals surface area (Å²) in [7, 11) is 0. The smallest absolute Gasteiger partial charge is 0.254 e. The number of rotatable bonds is 7. The summed E-state index contributed by atoms with van der Waals surface area (Å²) >= 11 is 11.4. The molecule has 0 saturated carbocycles. The van der Waals surface area contributed by atoms with E-state index in [2.05, 4.69) is 0 Å². The molecule has 0 radical (unpaired) electrons. The van der Waals surface area contributed by atoms with E-state index in [9.17, 15) is 4.79 Å². The average molecular weight is 304 g/mol. The van der Waals surface area contributed by atoms with Gasteiger partial charge in [-0.2, -0.15) is 0 Å². The van der Waals surface area contributed by atoms with E-state index in [-0.39, 0.29) is 11.9 Å². The molecular formula is C14H19Cl2NO2. The molecule has 0 aliphatic rings. The summed E-state index contributed by atoms with van der Waals surface area (Å²) < 4.78 is 5.32. The molecule has 1 aromatic rings. The summed E-state index contributed by atoms with van der Waals surface area (Å²) in [5.41, 5.74) is 0.596. The molecule has 1 amide bonds. The molecule has 0 atom stereocenters. The second-order valence-electron chi connectivity index (χ2n) is 4.40. The van der Waals surface area contributed by atoms with Crippen LogP contribution in [0.5, 0.6) is 0 Å². The van der Waals surface area contributed by atoms with Crippen LogP contribution < -0.4 is 0 Å². The van der Waals surface area contributed by atoms with Crippen LogP contribution >= 0.6 is 23.2 Å². The molecule has 0 aliphatic heterocycles. The number of alkyl halides is 1. The molecular weight excluding hydrogens is 285 g/mol. The van der Waals surface area contributed by atoms with E-state index in [1.165, 1.54) is 0 Å². The largest absolute Gasteiger partial charge is 0.378 e. The lowest BCUT2D eigenvalue weighted by molar-refractivity contribution is 0.0595. The highest BCUT2D eigenvalue weighted by molar-refractivity contribution is 6.30. The zero-order valence-electron chi connectivity index (χ0n) is 11.2. The number of hydrogen-bond donors (Lipinski definition) is 0. The number of benzene rings is 1. The lowest BCUT2D eigenvalue weighted by atomic mass is 10.1. The molecule has 0 heterocycles.